The number of carbonyl (C=O) groups excluding carboxylic acids is 1. The van der Waals surface area contributed by atoms with Crippen LogP contribution in [-0.2, 0) is 17.8 Å². The first kappa shape index (κ1) is 15.5. The first-order valence-electron chi connectivity index (χ1n) is 6.46. The molecule has 5 nitrogen and oxygen atoms in total. The molecule has 0 saturated carbocycles. The predicted molar refractivity (Wildman–Crippen MR) is 79.2 cm³/mol. The van der Waals surface area contributed by atoms with Crippen LogP contribution in [-0.4, -0.2) is 30.0 Å². The Balaban J connectivity index is 2.01. The Morgan fingerprint density at radius 2 is 2.19 bits per heavy atom. The van der Waals surface area contributed by atoms with E-state index in [0.717, 1.165) is 11.3 Å². The Morgan fingerprint density at radius 3 is 2.81 bits per heavy atom. The van der Waals surface area contributed by atoms with Crippen LogP contribution in [0, 0.1) is 6.92 Å². The summed E-state index contributed by atoms with van der Waals surface area (Å²) < 4.78 is 10.3. The molecule has 0 aromatic carbocycles. The van der Waals surface area contributed by atoms with E-state index in [0.29, 0.717) is 29.6 Å². The number of halogens is 1. The molecule has 0 amide bonds. The van der Waals surface area contributed by atoms with Crippen LogP contribution in [0.25, 0.3) is 0 Å². The van der Waals surface area contributed by atoms with Crippen molar-refractivity contribution in [2.45, 2.75) is 20.0 Å². The van der Waals surface area contributed by atoms with Gasteiger partial charge in [0.15, 0.2) is 0 Å². The van der Waals surface area contributed by atoms with Gasteiger partial charge in [0.2, 0.25) is 0 Å². The molecule has 0 aliphatic rings. The number of hydrogen-bond donors (Lipinski definition) is 0. The average molecular weight is 309 g/mol. The maximum atomic E-state index is 11.5. The Kier molecular flexibility index (Phi) is 4.98. The number of furan rings is 1. The van der Waals surface area contributed by atoms with Crippen molar-refractivity contribution in [3.63, 3.8) is 0 Å². The third-order valence-corrected chi connectivity index (χ3v) is 3.26. The highest BCUT2D eigenvalue weighted by molar-refractivity contribution is 6.29. The minimum absolute atomic E-state index is 0.382. The summed E-state index contributed by atoms with van der Waals surface area (Å²) in [6.45, 7) is 3.04. The molecule has 2 aromatic rings. The van der Waals surface area contributed by atoms with Crippen molar-refractivity contribution in [1.29, 1.82) is 0 Å². The number of pyridine rings is 1. The summed E-state index contributed by atoms with van der Waals surface area (Å²) in [4.78, 5) is 17.6. The van der Waals surface area contributed by atoms with E-state index in [9.17, 15) is 4.79 Å². The molecular formula is C15H17ClN2O3. The van der Waals surface area contributed by atoms with Crippen LogP contribution in [0.15, 0.2) is 28.8 Å². The zero-order chi connectivity index (χ0) is 15.4. The van der Waals surface area contributed by atoms with Crippen molar-refractivity contribution >= 4 is 17.6 Å². The van der Waals surface area contributed by atoms with Crippen molar-refractivity contribution in [3.05, 3.63) is 52.2 Å². The second-order valence-corrected chi connectivity index (χ2v) is 5.22. The zero-order valence-electron chi connectivity index (χ0n) is 12.2. The van der Waals surface area contributed by atoms with Gasteiger partial charge in [-0.2, -0.15) is 0 Å². The summed E-state index contributed by atoms with van der Waals surface area (Å²) >= 11 is 5.76. The third-order valence-electron chi connectivity index (χ3n) is 3.04. The lowest BCUT2D eigenvalue weighted by atomic mass is 10.2. The van der Waals surface area contributed by atoms with Gasteiger partial charge in [0.1, 0.15) is 22.2 Å². The van der Waals surface area contributed by atoms with E-state index in [4.69, 9.17) is 20.8 Å². The molecular weight excluding hydrogens is 292 g/mol. The molecule has 0 radical (unpaired) electrons. The van der Waals surface area contributed by atoms with E-state index in [1.54, 1.807) is 25.3 Å². The van der Waals surface area contributed by atoms with Gasteiger partial charge in [-0.15, -0.1) is 0 Å². The van der Waals surface area contributed by atoms with Crippen LogP contribution in [0.1, 0.15) is 27.4 Å². The Labute approximate surface area is 128 Å². The van der Waals surface area contributed by atoms with Gasteiger partial charge in [-0.25, -0.2) is 9.78 Å². The van der Waals surface area contributed by atoms with Crippen molar-refractivity contribution in [3.8, 4) is 0 Å². The number of methoxy groups -OCH3 is 1. The number of aryl methyl sites for hydroxylation is 1. The normalized spacial score (nSPS) is 10.9. The van der Waals surface area contributed by atoms with Crippen LogP contribution in [0.3, 0.4) is 0 Å². The Hall–Kier alpha value is -1.85. The molecule has 0 atom stereocenters. The predicted octanol–water partition coefficient (Wildman–Crippen LogP) is 3.06. The molecule has 0 aliphatic carbocycles. The fraction of sp³-hybridized carbons (Fsp3) is 0.333. The van der Waals surface area contributed by atoms with E-state index in [1.807, 2.05) is 13.1 Å². The second kappa shape index (κ2) is 6.74. The van der Waals surface area contributed by atoms with E-state index in [2.05, 4.69) is 9.88 Å². The van der Waals surface area contributed by atoms with Crippen molar-refractivity contribution < 1.29 is 13.9 Å². The molecule has 2 rings (SSSR count). The highest BCUT2D eigenvalue weighted by Gasteiger charge is 2.16. The molecule has 6 heteroatoms. The van der Waals surface area contributed by atoms with Gasteiger partial charge in [0, 0.05) is 12.7 Å². The maximum absolute atomic E-state index is 11.5. The summed E-state index contributed by atoms with van der Waals surface area (Å²) in [5.41, 5.74) is 1.52. The van der Waals surface area contributed by atoms with Crippen LogP contribution in [0.5, 0.6) is 0 Å². The second-order valence-electron chi connectivity index (χ2n) is 4.84. The standard InChI is InChI=1S/C15H17ClN2O3/c1-10-13(15(19)20-3)6-12(21-10)9-18(2)8-11-4-5-14(16)17-7-11/h4-7H,8-9H2,1-3H3. The SMILES string of the molecule is COC(=O)c1cc(CN(C)Cc2ccc(Cl)nc2)oc1C. The van der Waals surface area contributed by atoms with Crippen molar-refractivity contribution in [1.82, 2.24) is 9.88 Å². The Morgan fingerprint density at radius 1 is 1.43 bits per heavy atom. The molecule has 0 N–H and O–H groups in total. The molecule has 0 fully saturated rings. The lowest BCUT2D eigenvalue weighted by Gasteiger charge is -2.14. The third kappa shape index (κ3) is 4.06. The van der Waals surface area contributed by atoms with Crippen molar-refractivity contribution in [2.24, 2.45) is 0 Å². The largest absolute Gasteiger partial charge is 0.465 e. The number of aromatic nitrogens is 1. The maximum Gasteiger partial charge on any atom is 0.341 e. The minimum atomic E-state index is -0.382. The van der Waals surface area contributed by atoms with Crippen LogP contribution >= 0.6 is 11.6 Å². The first-order chi connectivity index (χ1) is 9.99. The number of carbonyl (C=O) groups is 1. The minimum Gasteiger partial charge on any atom is -0.465 e. The molecule has 21 heavy (non-hydrogen) atoms. The average Bonchev–Trinajstić information content (AvgIpc) is 2.81. The van der Waals surface area contributed by atoms with Crippen LogP contribution in [0.2, 0.25) is 5.15 Å². The quantitative estimate of drug-likeness (QED) is 0.627. The molecule has 0 unspecified atom stereocenters. The molecule has 0 saturated heterocycles. The van der Waals surface area contributed by atoms with E-state index >= 15 is 0 Å². The first-order valence-corrected chi connectivity index (χ1v) is 6.84. The smallest absolute Gasteiger partial charge is 0.341 e. The molecule has 0 aliphatic heterocycles. The topological polar surface area (TPSA) is 55.6 Å². The fourth-order valence-corrected chi connectivity index (χ4v) is 2.18. The van der Waals surface area contributed by atoms with E-state index in [1.165, 1.54) is 7.11 Å². The number of rotatable bonds is 5. The van der Waals surface area contributed by atoms with Gasteiger partial charge in [0.05, 0.1) is 13.7 Å². The number of esters is 1. The highest BCUT2D eigenvalue weighted by Crippen LogP contribution is 2.17. The molecule has 2 aromatic heterocycles. The summed E-state index contributed by atoms with van der Waals surface area (Å²) in [6, 6.07) is 5.41. The Bertz CT molecular complexity index is 622. The summed E-state index contributed by atoms with van der Waals surface area (Å²) in [7, 11) is 3.32. The lowest BCUT2D eigenvalue weighted by molar-refractivity contribution is 0.0599. The van der Waals surface area contributed by atoms with Crippen LogP contribution in [0.4, 0.5) is 0 Å². The molecule has 112 valence electrons. The number of nitrogens with zero attached hydrogens (tertiary/aromatic N) is 2. The van der Waals surface area contributed by atoms with Gasteiger partial charge in [0.25, 0.3) is 0 Å². The van der Waals surface area contributed by atoms with Gasteiger partial charge in [-0.3, -0.25) is 4.90 Å². The number of hydrogen-bond acceptors (Lipinski definition) is 5. The van der Waals surface area contributed by atoms with Gasteiger partial charge >= 0.3 is 5.97 Å². The monoisotopic (exact) mass is 308 g/mol. The zero-order valence-corrected chi connectivity index (χ0v) is 13.0. The van der Waals surface area contributed by atoms with Crippen molar-refractivity contribution in [2.75, 3.05) is 14.2 Å². The number of ether oxygens (including phenoxy) is 1. The van der Waals surface area contributed by atoms with E-state index in [-0.39, 0.29) is 5.97 Å². The molecule has 0 spiro atoms. The summed E-state index contributed by atoms with van der Waals surface area (Å²) in [6.07, 6.45) is 1.74. The summed E-state index contributed by atoms with van der Waals surface area (Å²) in [5, 5.41) is 0.478. The molecule has 2 heterocycles. The fourth-order valence-electron chi connectivity index (χ4n) is 2.07. The van der Waals surface area contributed by atoms with Gasteiger partial charge in [-0.1, -0.05) is 17.7 Å². The van der Waals surface area contributed by atoms with Crippen LogP contribution < -0.4 is 0 Å². The summed E-state index contributed by atoms with van der Waals surface area (Å²) in [5.74, 6) is 0.905. The van der Waals surface area contributed by atoms with Gasteiger partial charge < -0.3 is 9.15 Å². The van der Waals surface area contributed by atoms with Gasteiger partial charge in [-0.05, 0) is 31.7 Å². The highest BCUT2D eigenvalue weighted by atomic mass is 35.5. The lowest BCUT2D eigenvalue weighted by Crippen LogP contribution is -2.17. The van der Waals surface area contributed by atoms with E-state index < -0.39 is 0 Å². The molecule has 0 bridgehead atoms.